The minimum absolute atomic E-state index is 0. The molecule has 2 aliphatic rings. The van der Waals surface area contributed by atoms with Crippen molar-refractivity contribution in [2.75, 3.05) is 26.2 Å². The summed E-state index contributed by atoms with van der Waals surface area (Å²) < 4.78 is 5.30. The van der Waals surface area contributed by atoms with Crippen LogP contribution in [0.2, 0.25) is 0 Å². The average molecular weight is 553 g/mol. The Bertz CT molecular complexity index is 883. The second-order valence-electron chi connectivity index (χ2n) is 8.14. The summed E-state index contributed by atoms with van der Waals surface area (Å²) in [6, 6.07) is 5.80. The molecule has 3 heterocycles. The number of carbonyl (C=O) groups is 1. The summed E-state index contributed by atoms with van der Waals surface area (Å²) in [6.07, 6.45) is 7.69. The highest BCUT2D eigenvalue weighted by Gasteiger charge is 2.32. The van der Waals surface area contributed by atoms with Crippen molar-refractivity contribution in [3.05, 3.63) is 30.2 Å². The van der Waals surface area contributed by atoms with Gasteiger partial charge in [-0.15, -0.1) is 24.0 Å². The van der Waals surface area contributed by atoms with Gasteiger partial charge in [-0.1, -0.05) is 24.1 Å². The summed E-state index contributed by atoms with van der Waals surface area (Å²) in [6.45, 7) is 4.92. The van der Waals surface area contributed by atoms with Crippen molar-refractivity contribution in [2.24, 2.45) is 10.9 Å². The molecule has 1 atom stereocenters. The number of amides is 1. The zero-order valence-corrected chi connectivity index (χ0v) is 20.8. The minimum atomic E-state index is 0. The molecule has 1 aliphatic carbocycles. The molecular formula is C22H32IN7O2. The van der Waals surface area contributed by atoms with Crippen LogP contribution in [0.3, 0.4) is 0 Å². The molecule has 0 bridgehead atoms. The number of nitrogens with one attached hydrogen (secondary N) is 2. The first kappa shape index (κ1) is 24.4. The summed E-state index contributed by atoms with van der Waals surface area (Å²) in [4.78, 5) is 28.0. The lowest BCUT2D eigenvalue weighted by molar-refractivity contribution is -0.134. The molecule has 4 rings (SSSR count). The summed E-state index contributed by atoms with van der Waals surface area (Å²) in [5.41, 5.74) is 0.665. The van der Waals surface area contributed by atoms with Gasteiger partial charge < -0.3 is 20.1 Å². The molecule has 174 valence electrons. The monoisotopic (exact) mass is 553 g/mol. The maximum atomic E-state index is 12.7. The second kappa shape index (κ2) is 12.1. The van der Waals surface area contributed by atoms with E-state index >= 15 is 0 Å². The molecule has 2 fully saturated rings. The fourth-order valence-corrected chi connectivity index (χ4v) is 4.24. The second-order valence-corrected chi connectivity index (χ2v) is 8.14. The number of halogens is 1. The van der Waals surface area contributed by atoms with E-state index in [2.05, 4.69) is 30.8 Å². The number of hydrogen-bond acceptors (Lipinski definition) is 6. The molecule has 1 saturated heterocycles. The lowest BCUT2D eigenvalue weighted by Crippen LogP contribution is -2.45. The normalized spacial score (nSPS) is 19.1. The van der Waals surface area contributed by atoms with Gasteiger partial charge in [0.25, 0.3) is 5.89 Å². The highest BCUT2D eigenvalue weighted by molar-refractivity contribution is 14.0. The van der Waals surface area contributed by atoms with Gasteiger partial charge in [-0.25, -0.2) is 0 Å². The maximum Gasteiger partial charge on any atom is 0.276 e. The molecule has 1 amide bonds. The van der Waals surface area contributed by atoms with Gasteiger partial charge in [0.15, 0.2) is 11.8 Å². The molecular weight excluding hydrogens is 521 g/mol. The Morgan fingerprint density at radius 3 is 2.88 bits per heavy atom. The average Bonchev–Trinajstić information content (AvgIpc) is 3.56. The number of carbonyl (C=O) groups excluding carboxylic acids is 1. The van der Waals surface area contributed by atoms with E-state index < -0.39 is 0 Å². The molecule has 0 aromatic carbocycles. The van der Waals surface area contributed by atoms with Crippen LogP contribution >= 0.6 is 24.0 Å². The van der Waals surface area contributed by atoms with E-state index in [-0.39, 0.29) is 35.9 Å². The molecule has 9 nitrogen and oxygen atoms in total. The molecule has 2 N–H and O–H groups in total. The number of hydrogen-bond donors (Lipinski definition) is 2. The molecule has 0 radical (unpaired) electrons. The van der Waals surface area contributed by atoms with Crippen LogP contribution in [-0.4, -0.2) is 64.1 Å². The van der Waals surface area contributed by atoms with Crippen LogP contribution in [0.25, 0.3) is 11.6 Å². The number of pyridine rings is 1. The zero-order valence-electron chi connectivity index (χ0n) is 18.5. The Morgan fingerprint density at radius 1 is 1.28 bits per heavy atom. The topological polar surface area (TPSA) is 109 Å². The third-order valence-corrected chi connectivity index (χ3v) is 5.85. The van der Waals surface area contributed by atoms with Crippen LogP contribution in [0.5, 0.6) is 0 Å². The molecule has 32 heavy (non-hydrogen) atoms. The van der Waals surface area contributed by atoms with Gasteiger partial charge in [0.05, 0.1) is 0 Å². The summed E-state index contributed by atoms with van der Waals surface area (Å²) in [5, 5.41) is 10.8. The maximum absolute atomic E-state index is 12.7. The Hall–Kier alpha value is -2.24. The first-order chi connectivity index (χ1) is 15.2. The number of rotatable bonds is 7. The van der Waals surface area contributed by atoms with Gasteiger partial charge in [0.1, 0.15) is 5.69 Å². The Kier molecular flexibility index (Phi) is 9.24. The largest absolute Gasteiger partial charge is 0.357 e. The minimum Gasteiger partial charge on any atom is -0.357 e. The number of nitrogens with zero attached hydrogens (tertiary/aromatic N) is 5. The highest BCUT2D eigenvalue weighted by Crippen LogP contribution is 2.27. The molecule has 1 aliphatic heterocycles. The number of aliphatic imine (C=N–C) groups is 1. The highest BCUT2D eigenvalue weighted by atomic mass is 127. The third kappa shape index (κ3) is 6.39. The lowest BCUT2D eigenvalue weighted by Gasteiger charge is -2.21. The van der Waals surface area contributed by atoms with Crippen molar-refractivity contribution in [3.63, 3.8) is 0 Å². The van der Waals surface area contributed by atoms with Crippen LogP contribution < -0.4 is 10.6 Å². The van der Waals surface area contributed by atoms with Crippen LogP contribution in [0.4, 0.5) is 0 Å². The van der Waals surface area contributed by atoms with Crippen LogP contribution in [0.15, 0.2) is 33.9 Å². The van der Waals surface area contributed by atoms with Gasteiger partial charge >= 0.3 is 0 Å². The molecule has 2 aromatic rings. The number of likely N-dealkylation sites (tertiary alicyclic amines) is 1. The predicted octanol–water partition coefficient (Wildman–Crippen LogP) is 2.64. The van der Waals surface area contributed by atoms with Crippen LogP contribution in [0.1, 0.15) is 44.9 Å². The molecule has 1 saturated carbocycles. The van der Waals surface area contributed by atoms with E-state index in [1.165, 1.54) is 12.8 Å². The van der Waals surface area contributed by atoms with Gasteiger partial charge in [0, 0.05) is 50.8 Å². The Morgan fingerprint density at radius 2 is 2.12 bits per heavy atom. The van der Waals surface area contributed by atoms with Crippen molar-refractivity contribution in [1.29, 1.82) is 0 Å². The smallest absolute Gasteiger partial charge is 0.276 e. The van der Waals surface area contributed by atoms with E-state index in [0.717, 1.165) is 44.9 Å². The van der Waals surface area contributed by atoms with E-state index in [0.29, 0.717) is 36.3 Å². The predicted molar refractivity (Wildman–Crippen MR) is 133 cm³/mol. The van der Waals surface area contributed by atoms with Gasteiger partial charge in [-0.3, -0.25) is 14.8 Å². The Labute approximate surface area is 205 Å². The van der Waals surface area contributed by atoms with E-state index in [1.807, 2.05) is 30.0 Å². The molecule has 0 spiro atoms. The quantitative estimate of drug-likeness (QED) is 0.308. The first-order valence-electron chi connectivity index (χ1n) is 11.3. The van der Waals surface area contributed by atoms with Crippen molar-refractivity contribution in [1.82, 2.24) is 30.7 Å². The molecule has 2 aromatic heterocycles. The van der Waals surface area contributed by atoms with Crippen molar-refractivity contribution in [3.8, 4) is 11.6 Å². The van der Waals surface area contributed by atoms with Gasteiger partial charge in [-0.05, 0) is 38.3 Å². The summed E-state index contributed by atoms with van der Waals surface area (Å²) >= 11 is 0. The van der Waals surface area contributed by atoms with Crippen molar-refractivity contribution in [2.45, 2.75) is 51.5 Å². The summed E-state index contributed by atoms with van der Waals surface area (Å²) in [7, 11) is 0. The van der Waals surface area contributed by atoms with E-state index in [9.17, 15) is 4.79 Å². The van der Waals surface area contributed by atoms with Gasteiger partial charge in [-0.2, -0.15) is 4.98 Å². The standard InChI is InChI=1S/C22H31N7O2.HI/c1-2-23-22(26-17-11-14-29(15-17)21(30)16-7-3-4-8-16)25-13-10-19-27-20(31-28-19)18-9-5-6-12-24-18;/h5-6,9,12,16-17H,2-4,7-8,10-11,13-15H2,1H3,(H2,23,25,26);1H. The van der Waals surface area contributed by atoms with Gasteiger partial charge in [0.2, 0.25) is 5.91 Å². The van der Waals surface area contributed by atoms with E-state index in [1.54, 1.807) is 6.20 Å². The number of guanidine groups is 1. The van der Waals surface area contributed by atoms with Crippen molar-refractivity contribution < 1.29 is 9.32 Å². The van der Waals surface area contributed by atoms with E-state index in [4.69, 9.17) is 4.52 Å². The first-order valence-corrected chi connectivity index (χ1v) is 11.3. The Balaban J connectivity index is 0.00000289. The molecule has 10 heteroatoms. The van der Waals surface area contributed by atoms with Crippen LogP contribution in [-0.2, 0) is 11.2 Å². The molecule has 1 unspecified atom stereocenters. The van der Waals surface area contributed by atoms with Crippen molar-refractivity contribution >= 4 is 35.8 Å². The zero-order chi connectivity index (χ0) is 21.5. The summed E-state index contributed by atoms with van der Waals surface area (Å²) in [5.74, 6) is 2.37. The fraction of sp³-hybridized carbons (Fsp3) is 0.591. The number of aromatic nitrogens is 3. The van der Waals surface area contributed by atoms with Crippen LogP contribution in [0, 0.1) is 5.92 Å². The fourth-order valence-electron chi connectivity index (χ4n) is 4.24. The SMILES string of the molecule is CCNC(=NCCc1noc(-c2ccccn2)n1)NC1CCN(C(=O)C2CCCC2)C1.I. The third-order valence-electron chi connectivity index (χ3n) is 5.85. The lowest BCUT2D eigenvalue weighted by atomic mass is 10.1.